The maximum Gasteiger partial charge on any atom is 0.253 e. The molecule has 0 radical (unpaired) electrons. The van der Waals surface area contributed by atoms with Crippen LogP contribution < -0.4 is 9.80 Å². The van der Waals surface area contributed by atoms with E-state index in [-0.39, 0.29) is 30.9 Å². The third kappa shape index (κ3) is 4.40. The summed E-state index contributed by atoms with van der Waals surface area (Å²) in [5.41, 5.74) is -1.12. The largest absolute Gasteiger partial charge is 0.396 e. The predicted octanol–water partition coefficient (Wildman–Crippen LogP) is 3.98. The molecule has 3 amide bonds. The highest BCUT2D eigenvalue weighted by molar-refractivity contribution is 6.34. The number of carbonyl (C=O) groups excluding carboxylic acids is 3. The number of hydrogen-bond acceptors (Lipinski definition) is 5. The first-order valence-electron chi connectivity index (χ1n) is 14.2. The van der Waals surface area contributed by atoms with Crippen molar-refractivity contribution in [2.75, 3.05) is 36.0 Å². The zero-order valence-electron chi connectivity index (χ0n) is 23.0. The van der Waals surface area contributed by atoms with E-state index in [4.69, 9.17) is 16.3 Å². The minimum absolute atomic E-state index is 0.0611. The molecule has 2 fully saturated rings. The summed E-state index contributed by atoms with van der Waals surface area (Å²) in [5.74, 6) is -2.47. The minimum atomic E-state index is -1.33. The van der Waals surface area contributed by atoms with E-state index in [0.29, 0.717) is 43.1 Å². The van der Waals surface area contributed by atoms with Gasteiger partial charge in [0.1, 0.15) is 11.6 Å². The molecule has 2 saturated heterocycles. The van der Waals surface area contributed by atoms with Gasteiger partial charge in [-0.05, 0) is 50.5 Å². The van der Waals surface area contributed by atoms with Crippen LogP contribution >= 0.6 is 11.6 Å². The molecule has 1 N–H and O–H groups in total. The van der Waals surface area contributed by atoms with Gasteiger partial charge in [-0.15, -0.1) is 0 Å². The van der Waals surface area contributed by atoms with Gasteiger partial charge in [0.15, 0.2) is 0 Å². The molecule has 41 heavy (non-hydrogen) atoms. The lowest BCUT2D eigenvalue weighted by Crippen LogP contribution is -2.56. The molecule has 0 aromatic heterocycles. The van der Waals surface area contributed by atoms with E-state index in [0.717, 1.165) is 5.69 Å². The number of para-hydroxylation sites is 2. The van der Waals surface area contributed by atoms with Crippen molar-refractivity contribution in [2.24, 2.45) is 11.8 Å². The van der Waals surface area contributed by atoms with E-state index < -0.39 is 29.1 Å². The summed E-state index contributed by atoms with van der Waals surface area (Å²) in [6, 6.07) is 15.6. The highest BCUT2D eigenvalue weighted by Crippen LogP contribution is 2.57. The highest BCUT2D eigenvalue weighted by atomic mass is 35.5. The minimum Gasteiger partial charge on any atom is -0.396 e. The molecular formula is C32H34ClN3O5. The van der Waals surface area contributed by atoms with Crippen LogP contribution in [0.25, 0.3) is 0 Å². The van der Waals surface area contributed by atoms with Crippen molar-refractivity contribution in [3.63, 3.8) is 0 Å². The number of unbranched alkanes of at least 4 members (excludes halogenated alkanes) is 2. The van der Waals surface area contributed by atoms with Crippen LogP contribution in [0.2, 0.25) is 5.02 Å². The van der Waals surface area contributed by atoms with E-state index in [2.05, 4.69) is 0 Å². The molecule has 4 aliphatic heterocycles. The first-order valence-corrected chi connectivity index (χ1v) is 14.6. The van der Waals surface area contributed by atoms with Crippen molar-refractivity contribution in [3.8, 4) is 0 Å². The zero-order chi connectivity index (χ0) is 28.8. The smallest absolute Gasteiger partial charge is 0.253 e. The number of ether oxygens (including phenoxy) is 1. The standard InChI is InChI=1S/C32H34ClN3O5/c1-31-16-10-19-34(22-12-4-2-5-13-22)28(38)25(31)26-29(39)36(18-8-3-9-21-37)27-30(40)35(20-11-17-32(26,27)41-31)24-15-7-6-14-23(24)33/h2,4-7,10-17,25-27,37H,3,8-9,18-21H2,1H3/t25-,26+,27?,31+,32+/m1/s1. The number of amides is 3. The average molecular weight is 576 g/mol. The normalized spacial score (nSPS) is 30.8. The molecule has 0 aliphatic carbocycles. The molecule has 1 unspecified atom stereocenters. The molecular weight excluding hydrogens is 542 g/mol. The fourth-order valence-electron chi connectivity index (χ4n) is 7.06. The third-order valence-corrected chi connectivity index (χ3v) is 9.14. The Balaban J connectivity index is 1.45. The van der Waals surface area contributed by atoms with Gasteiger partial charge in [0.25, 0.3) is 5.91 Å². The molecule has 0 bridgehead atoms. The first kappa shape index (κ1) is 27.7. The summed E-state index contributed by atoms with van der Waals surface area (Å²) in [6.45, 7) is 2.83. The van der Waals surface area contributed by atoms with Gasteiger partial charge in [-0.25, -0.2) is 0 Å². The number of aliphatic hydroxyl groups is 1. The average Bonchev–Trinajstić information content (AvgIpc) is 3.23. The Morgan fingerprint density at radius 3 is 2.32 bits per heavy atom. The molecule has 4 aliphatic rings. The van der Waals surface area contributed by atoms with Crippen molar-refractivity contribution < 1.29 is 24.2 Å². The Morgan fingerprint density at radius 2 is 1.56 bits per heavy atom. The van der Waals surface area contributed by atoms with Gasteiger partial charge in [0.05, 0.1) is 28.1 Å². The van der Waals surface area contributed by atoms with Gasteiger partial charge in [-0.1, -0.05) is 66.2 Å². The molecule has 2 aromatic rings. The quantitative estimate of drug-likeness (QED) is 0.398. The number of halogens is 1. The second-order valence-corrected chi connectivity index (χ2v) is 11.7. The number of nitrogens with zero attached hydrogens (tertiary/aromatic N) is 3. The number of aliphatic hydroxyl groups excluding tert-OH is 1. The van der Waals surface area contributed by atoms with E-state index in [1.165, 1.54) is 0 Å². The van der Waals surface area contributed by atoms with Gasteiger partial charge in [0, 0.05) is 31.9 Å². The van der Waals surface area contributed by atoms with E-state index >= 15 is 0 Å². The molecule has 214 valence electrons. The number of likely N-dealkylation sites (tertiary alicyclic amines) is 1. The summed E-state index contributed by atoms with van der Waals surface area (Å²) in [4.78, 5) is 48.2. The lowest BCUT2D eigenvalue weighted by Gasteiger charge is -2.37. The second kappa shape index (κ2) is 10.7. The van der Waals surface area contributed by atoms with Crippen LogP contribution in [0.1, 0.15) is 26.2 Å². The molecule has 2 aromatic carbocycles. The third-order valence-electron chi connectivity index (χ3n) is 8.83. The van der Waals surface area contributed by atoms with Crippen molar-refractivity contribution in [3.05, 3.63) is 83.9 Å². The van der Waals surface area contributed by atoms with Crippen LogP contribution in [0.15, 0.2) is 78.9 Å². The van der Waals surface area contributed by atoms with Crippen molar-refractivity contribution in [1.82, 2.24) is 4.90 Å². The lowest BCUT2D eigenvalue weighted by molar-refractivity contribution is -0.144. The Labute approximate surface area is 244 Å². The monoisotopic (exact) mass is 575 g/mol. The number of rotatable bonds is 7. The number of benzene rings is 2. The van der Waals surface area contributed by atoms with Crippen LogP contribution in [0.4, 0.5) is 11.4 Å². The summed E-state index contributed by atoms with van der Waals surface area (Å²) < 4.78 is 6.89. The van der Waals surface area contributed by atoms with Gasteiger partial charge in [-0.2, -0.15) is 0 Å². The number of fused-ring (bicyclic) bond motifs is 2. The molecule has 8 nitrogen and oxygen atoms in total. The predicted molar refractivity (Wildman–Crippen MR) is 157 cm³/mol. The van der Waals surface area contributed by atoms with E-state index in [9.17, 15) is 19.5 Å². The first-order chi connectivity index (χ1) is 19.8. The van der Waals surface area contributed by atoms with Crippen molar-refractivity contribution >= 4 is 40.7 Å². The molecule has 1 spiro atoms. The summed E-state index contributed by atoms with van der Waals surface area (Å²) in [6.07, 6.45) is 9.41. The van der Waals surface area contributed by atoms with Crippen LogP contribution in [0.5, 0.6) is 0 Å². The van der Waals surface area contributed by atoms with E-state index in [1.807, 2.05) is 67.6 Å². The second-order valence-electron chi connectivity index (χ2n) is 11.3. The molecule has 9 heteroatoms. The molecule has 6 rings (SSSR count). The fraction of sp³-hybridized carbons (Fsp3) is 0.406. The maximum atomic E-state index is 14.5. The Bertz CT molecular complexity index is 1410. The molecule has 0 saturated carbocycles. The lowest BCUT2D eigenvalue weighted by atomic mass is 9.74. The van der Waals surface area contributed by atoms with Gasteiger partial charge in [0.2, 0.25) is 11.8 Å². The van der Waals surface area contributed by atoms with Gasteiger partial charge < -0.3 is 24.5 Å². The van der Waals surface area contributed by atoms with Crippen LogP contribution in [0.3, 0.4) is 0 Å². The highest BCUT2D eigenvalue weighted by Gasteiger charge is 2.74. The van der Waals surface area contributed by atoms with Gasteiger partial charge in [-0.3, -0.25) is 14.4 Å². The molecule has 5 atom stereocenters. The van der Waals surface area contributed by atoms with Gasteiger partial charge >= 0.3 is 0 Å². The SMILES string of the molecule is C[C@]12C=CCN(c3ccccc3)C(=O)[C@H]1[C@H]1C(=O)N(CCCCCO)C3C(=O)N(c4ccccc4Cl)CC=C[C@@]31O2. The van der Waals surface area contributed by atoms with E-state index in [1.54, 1.807) is 32.9 Å². The fourth-order valence-corrected chi connectivity index (χ4v) is 7.30. The number of anilines is 2. The number of carbonyl (C=O) groups is 3. The Morgan fingerprint density at radius 1 is 0.854 bits per heavy atom. The molecule has 4 heterocycles. The van der Waals surface area contributed by atoms with Crippen LogP contribution in [-0.2, 0) is 19.1 Å². The van der Waals surface area contributed by atoms with Crippen molar-refractivity contribution in [2.45, 2.75) is 43.4 Å². The summed E-state index contributed by atoms with van der Waals surface area (Å²) >= 11 is 6.53. The topological polar surface area (TPSA) is 90.4 Å². The maximum absolute atomic E-state index is 14.5. The number of hydrogen-bond donors (Lipinski definition) is 1. The Hall–Kier alpha value is -3.46. The zero-order valence-corrected chi connectivity index (χ0v) is 23.7. The Kier molecular flexibility index (Phi) is 7.26. The van der Waals surface area contributed by atoms with Crippen LogP contribution in [-0.4, -0.2) is 71.2 Å². The summed E-state index contributed by atoms with van der Waals surface area (Å²) in [5, 5.41) is 9.73. The van der Waals surface area contributed by atoms with Crippen LogP contribution in [0, 0.1) is 11.8 Å². The summed E-state index contributed by atoms with van der Waals surface area (Å²) in [7, 11) is 0. The van der Waals surface area contributed by atoms with Crippen molar-refractivity contribution in [1.29, 1.82) is 0 Å².